The molecule has 0 saturated carbocycles. The minimum atomic E-state index is -0.758. The summed E-state index contributed by atoms with van der Waals surface area (Å²) in [4.78, 5) is 29.1. The predicted octanol–water partition coefficient (Wildman–Crippen LogP) is 1.91. The SMILES string of the molecule is COc1c(NC2CCOCC2)cc(C(=O)Nc2nnc(N=C(C)C=CN)s2)oc1=O. The van der Waals surface area contributed by atoms with Crippen LogP contribution in [-0.4, -0.2) is 48.2 Å². The summed E-state index contributed by atoms with van der Waals surface area (Å²) >= 11 is 1.06. The summed E-state index contributed by atoms with van der Waals surface area (Å²) in [6.45, 7) is 3.00. The number of methoxy groups -OCH3 is 1. The van der Waals surface area contributed by atoms with Gasteiger partial charge in [-0.3, -0.25) is 10.1 Å². The quantitative estimate of drug-likeness (QED) is 0.554. The van der Waals surface area contributed by atoms with Crippen molar-refractivity contribution >= 4 is 38.9 Å². The number of allylic oxidation sites excluding steroid dienone is 1. The molecule has 3 heterocycles. The molecule has 0 spiro atoms. The smallest absolute Gasteiger partial charge is 0.381 e. The van der Waals surface area contributed by atoms with Crippen molar-refractivity contribution in [2.75, 3.05) is 31.0 Å². The molecule has 12 heteroatoms. The van der Waals surface area contributed by atoms with Gasteiger partial charge in [0.2, 0.25) is 16.0 Å². The fourth-order valence-corrected chi connectivity index (χ4v) is 3.42. The van der Waals surface area contributed by atoms with Crippen molar-refractivity contribution in [1.82, 2.24) is 10.2 Å². The van der Waals surface area contributed by atoms with E-state index in [4.69, 9.17) is 19.6 Å². The predicted molar refractivity (Wildman–Crippen MR) is 113 cm³/mol. The Morgan fingerprint density at radius 3 is 2.87 bits per heavy atom. The molecule has 30 heavy (non-hydrogen) atoms. The number of carbonyl (C=O) groups excluding carboxylic acids is 1. The number of nitrogens with zero attached hydrogens (tertiary/aromatic N) is 3. The second-order valence-electron chi connectivity index (χ2n) is 6.33. The van der Waals surface area contributed by atoms with Crippen molar-refractivity contribution in [3.05, 3.63) is 34.5 Å². The van der Waals surface area contributed by atoms with Gasteiger partial charge in [-0.2, -0.15) is 0 Å². The highest BCUT2D eigenvalue weighted by Gasteiger charge is 2.21. The number of amides is 1. The van der Waals surface area contributed by atoms with Gasteiger partial charge < -0.3 is 24.9 Å². The summed E-state index contributed by atoms with van der Waals surface area (Å²) < 4.78 is 15.6. The Morgan fingerprint density at radius 1 is 1.40 bits per heavy atom. The van der Waals surface area contributed by atoms with Crippen LogP contribution in [0.25, 0.3) is 0 Å². The standard InChI is InChI=1S/C18H22N6O5S/c1-10(3-6-19)20-17-23-24-18(30-17)22-15(25)13-9-12(14(27-2)16(26)29-13)21-11-4-7-28-8-5-11/h3,6,9,11,21H,4-5,7-8,19H2,1-2H3,(H,22,24,25). The first kappa shape index (κ1) is 21.5. The molecule has 1 aliphatic heterocycles. The van der Waals surface area contributed by atoms with E-state index in [9.17, 15) is 9.59 Å². The fraction of sp³-hybridized carbons (Fsp3) is 0.389. The summed E-state index contributed by atoms with van der Waals surface area (Å²) in [5, 5.41) is 14.1. The van der Waals surface area contributed by atoms with Crippen molar-refractivity contribution in [3.63, 3.8) is 0 Å². The Morgan fingerprint density at radius 2 is 2.17 bits per heavy atom. The highest BCUT2D eigenvalue weighted by Crippen LogP contribution is 2.26. The third-order valence-electron chi connectivity index (χ3n) is 4.16. The fourth-order valence-electron chi connectivity index (χ4n) is 2.75. The number of aromatic nitrogens is 2. The molecule has 1 aliphatic rings. The number of hydrogen-bond acceptors (Lipinski definition) is 11. The van der Waals surface area contributed by atoms with Gasteiger partial charge in [-0.05, 0) is 32.0 Å². The van der Waals surface area contributed by atoms with E-state index in [1.165, 1.54) is 19.4 Å². The molecule has 0 aromatic carbocycles. The van der Waals surface area contributed by atoms with Crippen LogP contribution in [0, 0.1) is 0 Å². The number of hydrogen-bond donors (Lipinski definition) is 3. The molecule has 1 fully saturated rings. The molecule has 0 atom stereocenters. The first-order valence-electron chi connectivity index (χ1n) is 9.15. The monoisotopic (exact) mass is 434 g/mol. The molecular formula is C18H22N6O5S. The molecule has 2 aromatic heterocycles. The maximum Gasteiger partial charge on any atom is 0.381 e. The number of nitrogens with two attached hydrogens (primary N) is 1. The molecule has 1 saturated heterocycles. The van der Waals surface area contributed by atoms with E-state index in [0.29, 0.717) is 29.7 Å². The molecular weight excluding hydrogens is 412 g/mol. The van der Waals surface area contributed by atoms with Crippen LogP contribution < -0.4 is 26.7 Å². The zero-order valence-corrected chi connectivity index (χ0v) is 17.3. The maximum absolute atomic E-state index is 12.6. The van der Waals surface area contributed by atoms with E-state index in [2.05, 4.69) is 25.8 Å². The zero-order valence-electron chi connectivity index (χ0n) is 16.5. The van der Waals surface area contributed by atoms with E-state index in [1.54, 1.807) is 13.0 Å². The van der Waals surface area contributed by atoms with Crippen molar-refractivity contribution in [2.24, 2.45) is 10.7 Å². The number of carbonyl (C=O) groups is 1. The van der Waals surface area contributed by atoms with Gasteiger partial charge in [-0.1, -0.05) is 11.3 Å². The Hall–Kier alpha value is -3.25. The average Bonchev–Trinajstić information content (AvgIpc) is 3.15. The highest BCUT2D eigenvalue weighted by atomic mass is 32.1. The normalized spacial score (nSPS) is 15.3. The number of ether oxygens (including phenoxy) is 2. The van der Waals surface area contributed by atoms with Crippen LogP contribution in [-0.2, 0) is 4.74 Å². The minimum Gasteiger partial charge on any atom is -0.488 e. The Labute approximate surface area is 176 Å². The molecule has 3 rings (SSSR count). The summed E-state index contributed by atoms with van der Waals surface area (Å²) in [6.07, 6.45) is 4.52. The van der Waals surface area contributed by atoms with Crippen molar-refractivity contribution in [1.29, 1.82) is 0 Å². The number of aliphatic imine (C=N–C) groups is 1. The lowest BCUT2D eigenvalue weighted by Crippen LogP contribution is -2.29. The van der Waals surface area contributed by atoms with E-state index < -0.39 is 11.5 Å². The minimum absolute atomic E-state index is 0.00835. The number of rotatable bonds is 7. The van der Waals surface area contributed by atoms with E-state index in [-0.39, 0.29) is 22.7 Å². The maximum atomic E-state index is 12.6. The van der Waals surface area contributed by atoms with Gasteiger partial charge in [0.1, 0.15) is 0 Å². The molecule has 0 aliphatic carbocycles. The van der Waals surface area contributed by atoms with Gasteiger partial charge in [-0.15, -0.1) is 10.2 Å². The highest BCUT2D eigenvalue weighted by molar-refractivity contribution is 7.18. The van der Waals surface area contributed by atoms with Crippen molar-refractivity contribution in [3.8, 4) is 5.75 Å². The van der Waals surface area contributed by atoms with E-state index in [0.717, 1.165) is 24.2 Å². The van der Waals surface area contributed by atoms with Crippen LogP contribution >= 0.6 is 11.3 Å². The van der Waals surface area contributed by atoms with Gasteiger partial charge >= 0.3 is 5.63 Å². The topological polar surface area (TPSA) is 154 Å². The first-order valence-corrected chi connectivity index (χ1v) is 9.96. The van der Waals surface area contributed by atoms with Crippen molar-refractivity contribution < 1.29 is 18.7 Å². The summed E-state index contributed by atoms with van der Waals surface area (Å²) in [6, 6.07) is 1.53. The lowest BCUT2D eigenvalue weighted by atomic mass is 10.1. The third kappa shape index (κ3) is 5.42. The number of anilines is 2. The molecule has 11 nitrogen and oxygen atoms in total. The largest absolute Gasteiger partial charge is 0.488 e. The van der Waals surface area contributed by atoms with E-state index >= 15 is 0 Å². The van der Waals surface area contributed by atoms with Crippen LogP contribution in [0.1, 0.15) is 30.3 Å². The summed E-state index contributed by atoms with van der Waals surface area (Å²) in [5.74, 6) is -0.818. The lowest BCUT2D eigenvalue weighted by Gasteiger charge is -2.24. The second-order valence-corrected chi connectivity index (χ2v) is 7.29. The van der Waals surface area contributed by atoms with E-state index in [1.807, 2.05) is 0 Å². The van der Waals surface area contributed by atoms with Crippen LogP contribution in [0.5, 0.6) is 5.75 Å². The first-order chi connectivity index (χ1) is 14.5. The van der Waals surface area contributed by atoms with Gasteiger partial charge in [0, 0.05) is 31.0 Å². The Balaban J connectivity index is 1.78. The van der Waals surface area contributed by atoms with Crippen LogP contribution in [0.2, 0.25) is 0 Å². The van der Waals surface area contributed by atoms with Gasteiger partial charge in [-0.25, -0.2) is 9.79 Å². The van der Waals surface area contributed by atoms with Crippen LogP contribution in [0.3, 0.4) is 0 Å². The molecule has 0 radical (unpaired) electrons. The van der Waals surface area contributed by atoms with Crippen LogP contribution in [0.15, 0.2) is 32.5 Å². The Kier molecular flexibility index (Phi) is 7.14. The molecule has 160 valence electrons. The van der Waals surface area contributed by atoms with Gasteiger partial charge in [0.05, 0.1) is 12.8 Å². The lowest BCUT2D eigenvalue weighted by molar-refractivity contribution is 0.0903. The van der Waals surface area contributed by atoms with Gasteiger partial charge in [0.25, 0.3) is 5.91 Å². The molecule has 2 aromatic rings. The summed E-state index contributed by atoms with van der Waals surface area (Å²) in [7, 11) is 1.37. The average molecular weight is 434 g/mol. The zero-order chi connectivity index (χ0) is 21.5. The third-order valence-corrected chi connectivity index (χ3v) is 4.89. The molecule has 0 bridgehead atoms. The van der Waals surface area contributed by atoms with Crippen LogP contribution in [0.4, 0.5) is 16.0 Å². The molecule has 0 unspecified atom stereocenters. The van der Waals surface area contributed by atoms with Gasteiger partial charge in [0.15, 0.2) is 5.76 Å². The molecule has 4 N–H and O–H groups in total. The summed E-state index contributed by atoms with van der Waals surface area (Å²) in [5.41, 5.74) is 5.58. The molecule has 1 amide bonds. The van der Waals surface area contributed by atoms with Crippen molar-refractivity contribution in [2.45, 2.75) is 25.8 Å². The number of nitrogens with one attached hydrogen (secondary N) is 2. The Bertz CT molecular complexity index is 1010. The second kappa shape index (κ2) is 9.98.